The first kappa shape index (κ1) is 11.4. The van der Waals surface area contributed by atoms with Crippen molar-refractivity contribution in [1.82, 2.24) is 9.88 Å². The molecule has 88 valence electrons. The number of carbonyl (C=O) groups is 1. The topological polar surface area (TPSA) is 46.3 Å². The molecule has 0 atom stereocenters. The molecular weight excluding hydrogens is 216 g/mol. The minimum Gasteiger partial charge on any atom is -0.448 e. The highest BCUT2D eigenvalue weighted by Crippen LogP contribution is 2.08. The predicted molar refractivity (Wildman–Crippen MR) is 63.5 cm³/mol. The largest absolute Gasteiger partial charge is 0.448 e. The molecule has 0 aliphatic heterocycles. The molecule has 1 heterocycles. The second kappa shape index (κ2) is 4.82. The second-order valence-corrected chi connectivity index (χ2v) is 3.90. The first-order valence-electron chi connectivity index (χ1n) is 5.38. The van der Waals surface area contributed by atoms with Crippen LogP contribution in [0.2, 0.25) is 0 Å². The van der Waals surface area contributed by atoms with Gasteiger partial charge < -0.3 is 9.32 Å². The van der Waals surface area contributed by atoms with Gasteiger partial charge in [0.15, 0.2) is 11.6 Å². The van der Waals surface area contributed by atoms with Crippen LogP contribution in [0.3, 0.4) is 0 Å². The number of hydrogen-bond acceptors (Lipinski definition) is 3. The smallest absolute Gasteiger partial charge is 0.275 e. The van der Waals surface area contributed by atoms with Gasteiger partial charge in [0.2, 0.25) is 0 Å². The first-order chi connectivity index (χ1) is 8.16. The molecule has 0 radical (unpaired) electrons. The van der Waals surface area contributed by atoms with Gasteiger partial charge in [0, 0.05) is 20.5 Å². The molecule has 1 aromatic heterocycles. The Morgan fingerprint density at radius 3 is 2.65 bits per heavy atom. The summed E-state index contributed by atoms with van der Waals surface area (Å²) < 4.78 is 5.03. The number of hydrogen-bond donors (Lipinski definition) is 0. The van der Waals surface area contributed by atoms with Gasteiger partial charge in [0.05, 0.1) is 0 Å². The summed E-state index contributed by atoms with van der Waals surface area (Å²) in [6.45, 7) is 2.28. The molecule has 0 aliphatic carbocycles. The molecular formula is C13H14N2O2. The van der Waals surface area contributed by atoms with E-state index in [-0.39, 0.29) is 5.91 Å². The van der Waals surface area contributed by atoms with Crippen molar-refractivity contribution < 1.29 is 9.21 Å². The zero-order chi connectivity index (χ0) is 12.3. The Balaban J connectivity index is 2.06. The van der Waals surface area contributed by atoms with Gasteiger partial charge in [-0.1, -0.05) is 30.3 Å². The molecule has 4 heteroatoms. The Hall–Kier alpha value is -2.10. The van der Waals surface area contributed by atoms with E-state index in [4.69, 9.17) is 4.42 Å². The van der Waals surface area contributed by atoms with Crippen molar-refractivity contribution in [2.45, 2.75) is 13.5 Å². The maximum Gasteiger partial charge on any atom is 0.275 e. The maximum atomic E-state index is 12.0. The molecule has 0 saturated carbocycles. The highest BCUT2D eigenvalue weighted by Gasteiger charge is 2.15. The third-order valence-corrected chi connectivity index (χ3v) is 2.45. The van der Waals surface area contributed by atoms with E-state index in [1.54, 1.807) is 18.9 Å². The van der Waals surface area contributed by atoms with Crippen LogP contribution in [0.4, 0.5) is 0 Å². The quantitative estimate of drug-likeness (QED) is 0.812. The van der Waals surface area contributed by atoms with Crippen LogP contribution in [0.15, 0.2) is 41.0 Å². The van der Waals surface area contributed by atoms with Crippen molar-refractivity contribution in [3.63, 3.8) is 0 Å². The summed E-state index contributed by atoms with van der Waals surface area (Å²) in [5, 5.41) is 0. The molecule has 2 rings (SSSR count). The van der Waals surface area contributed by atoms with E-state index in [9.17, 15) is 4.79 Å². The molecule has 0 saturated heterocycles. The fourth-order valence-corrected chi connectivity index (χ4v) is 1.59. The predicted octanol–water partition coefficient (Wildman–Crippen LogP) is 2.26. The van der Waals surface area contributed by atoms with E-state index >= 15 is 0 Å². The fraction of sp³-hybridized carbons (Fsp3) is 0.231. The summed E-state index contributed by atoms with van der Waals surface area (Å²) in [7, 11) is 1.75. The average Bonchev–Trinajstić information content (AvgIpc) is 2.76. The first-order valence-corrected chi connectivity index (χ1v) is 5.38. The monoisotopic (exact) mass is 230 g/mol. The van der Waals surface area contributed by atoms with Gasteiger partial charge in [-0.2, -0.15) is 0 Å². The van der Waals surface area contributed by atoms with Crippen LogP contribution in [-0.4, -0.2) is 22.8 Å². The van der Waals surface area contributed by atoms with Gasteiger partial charge in [-0.15, -0.1) is 0 Å². The van der Waals surface area contributed by atoms with Crippen LogP contribution in [0, 0.1) is 6.92 Å². The Kier molecular flexibility index (Phi) is 3.23. The van der Waals surface area contributed by atoms with E-state index in [1.807, 2.05) is 30.3 Å². The number of aromatic nitrogens is 1. The van der Waals surface area contributed by atoms with Crippen LogP contribution in [0.25, 0.3) is 0 Å². The van der Waals surface area contributed by atoms with Crippen LogP contribution in [0.1, 0.15) is 21.9 Å². The van der Waals surface area contributed by atoms with Crippen molar-refractivity contribution in [2.24, 2.45) is 0 Å². The molecule has 1 amide bonds. The van der Waals surface area contributed by atoms with Gasteiger partial charge >= 0.3 is 0 Å². The number of carbonyl (C=O) groups excluding carboxylic acids is 1. The van der Waals surface area contributed by atoms with Crippen LogP contribution >= 0.6 is 0 Å². The van der Waals surface area contributed by atoms with E-state index in [2.05, 4.69) is 4.98 Å². The zero-order valence-corrected chi connectivity index (χ0v) is 9.88. The summed E-state index contributed by atoms with van der Waals surface area (Å²) in [5.74, 6) is 0.368. The van der Waals surface area contributed by atoms with Gasteiger partial charge in [-0.05, 0) is 5.56 Å². The number of aryl methyl sites for hydroxylation is 1. The minimum atomic E-state index is -0.134. The minimum absolute atomic E-state index is 0.134. The molecule has 4 nitrogen and oxygen atoms in total. The Morgan fingerprint density at radius 1 is 1.35 bits per heavy atom. The van der Waals surface area contributed by atoms with Crippen LogP contribution in [-0.2, 0) is 6.54 Å². The standard InChI is InChI=1S/C13H14N2O2/c1-10-14-12(9-17-10)13(16)15(2)8-11-6-4-3-5-7-11/h3-7,9H,8H2,1-2H3. The molecule has 0 spiro atoms. The van der Waals surface area contributed by atoms with E-state index in [0.29, 0.717) is 18.1 Å². The van der Waals surface area contributed by atoms with E-state index in [1.165, 1.54) is 6.26 Å². The highest BCUT2D eigenvalue weighted by molar-refractivity contribution is 5.91. The Morgan fingerprint density at radius 2 is 2.06 bits per heavy atom. The summed E-state index contributed by atoms with van der Waals surface area (Å²) >= 11 is 0. The molecule has 0 fully saturated rings. The zero-order valence-electron chi connectivity index (χ0n) is 9.88. The SMILES string of the molecule is Cc1nc(C(=O)N(C)Cc2ccccc2)co1. The van der Waals surface area contributed by atoms with Gasteiger partial charge in [-0.3, -0.25) is 4.79 Å². The molecule has 0 bridgehead atoms. The van der Waals surface area contributed by atoms with Crippen molar-refractivity contribution in [3.8, 4) is 0 Å². The van der Waals surface area contributed by atoms with Crippen molar-refractivity contribution in [2.75, 3.05) is 7.05 Å². The number of oxazole rings is 1. The maximum absolute atomic E-state index is 12.0. The normalized spacial score (nSPS) is 10.2. The number of rotatable bonds is 3. The number of benzene rings is 1. The Labute approximate surface area is 99.9 Å². The lowest BCUT2D eigenvalue weighted by atomic mass is 10.2. The lowest BCUT2D eigenvalue weighted by molar-refractivity contribution is 0.0779. The third kappa shape index (κ3) is 2.72. The van der Waals surface area contributed by atoms with Crippen molar-refractivity contribution in [1.29, 1.82) is 0 Å². The summed E-state index contributed by atoms with van der Waals surface area (Å²) in [6, 6.07) is 9.82. The van der Waals surface area contributed by atoms with E-state index < -0.39 is 0 Å². The van der Waals surface area contributed by atoms with Crippen molar-refractivity contribution >= 4 is 5.91 Å². The van der Waals surface area contributed by atoms with Gasteiger partial charge in [0.1, 0.15) is 6.26 Å². The Bertz CT molecular complexity index is 505. The highest BCUT2D eigenvalue weighted by atomic mass is 16.3. The average molecular weight is 230 g/mol. The lowest BCUT2D eigenvalue weighted by Gasteiger charge is -2.15. The number of amides is 1. The summed E-state index contributed by atoms with van der Waals surface area (Å²) in [5.41, 5.74) is 1.43. The molecule has 0 unspecified atom stereocenters. The third-order valence-electron chi connectivity index (χ3n) is 2.45. The number of nitrogens with zero attached hydrogens (tertiary/aromatic N) is 2. The summed E-state index contributed by atoms with van der Waals surface area (Å²) in [6.07, 6.45) is 1.39. The second-order valence-electron chi connectivity index (χ2n) is 3.90. The summed E-state index contributed by atoms with van der Waals surface area (Å²) in [4.78, 5) is 17.6. The fourth-order valence-electron chi connectivity index (χ4n) is 1.59. The van der Waals surface area contributed by atoms with Gasteiger partial charge in [-0.25, -0.2) is 4.98 Å². The molecule has 0 N–H and O–H groups in total. The molecule has 0 aliphatic rings. The van der Waals surface area contributed by atoms with E-state index in [0.717, 1.165) is 5.56 Å². The lowest BCUT2D eigenvalue weighted by Crippen LogP contribution is -2.26. The molecule has 1 aromatic carbocycles. The van der Waals surface area contributed by atoms with Crippen LogP contribution < -0.4 is 0 Å². The molecule has 2 aromatic rings. The van der Waals surface area contributed by atoms with Crippen molar-refractivity contribution in [3.05, 3.63) is 53.7 Å². The van der Waals surface area contributed by atoms with Crippen LogP contribution in [0.5, 0.6) is 0 Å². The molecule has 17 heavy (non-hydrogen) atoms. The van der Waals surface area contributed by atoms with Gasteiger partial charge in [0.25, 0.3) is 5.91 Å².